The van der Waals surface area contributed by atoms with Gasteiger partial charge in [0.05, 0.1) is 19.9 Å². The van der Waals surface area contributed by atoms with Crippen molar-refractivity contribution >= 4 is 0 Å². The van der Waals surface area contributed by atoms with E-state index in [4.69, 9.17) is 9.47 Å². The molecule has 0 aliphatic carbocycles. The summed E-state index contributed by atoms with van der Waals surface area (Å²) < 4.78 is 10.6. The molecule has 0 aliphatic rings. The minimum absolute atomic E-state index is 0.790. The van der Waals surface area contributed by atoms with Crippen LogP contribution < -0.4 is 9.47 Å². The topological polar surface area (TPSA) is 31.4 Å². The summed E-state index contributed by atoms with van der Waals surface area (Å²) in [5.41, 5.74) is 2.92. The molecule has 3 nitrogen and oxygen atoms in total. The highest BCUT2D eigenvalue weighted by atomic mass is 16.5. The third kappa shape index (κ3) is 2.23. The number of aromatic nitrogens is 1. The van der Waals surface area contributed by atoms with Gasteiger partial charge in [0.1, 0.15) is 11.5 Å². The Hall–Kier alpha value is -2.03. The van der Waals surface area contributed by atoms with Gasteiger partial charge in [0, 0.05) is 17.8 Å². The average Bonchev–Trinajstić information content (AvgIpc) is 2.38. The van der Waals surface area contributed by atoms with Crippen molar-refractivity contribution in [1.29, 1.82) is 0 Å². The summed E-state index contributed by atoms with van der Waals surface area (Å²) in [4.78, 5) is 4.35. The van der Waals surface area contributed by atoms with Crippen LogP contribution in [0.2, 0.25) is 0 Å². The molecule has 0 unspecified atom stereocenters. The zero-order valence-electron chi connectivity index (χ0n) is 10.2. The molecule has 0 saturated heterocycles. The second-order valence-electron chi connectivity index (χ2n) is 3.74. The maximum absolute atomic E-state index is 5.42. The van der Waals surface area contributed by atoms with Crippen LogP contribution in [0.1, 0.15) is 5.56 Å². The Balaban J connectivity index is 2.55. The number of methoxy groups -OCH3 is 2. The van der Waals surface area contributed by atoms with Crippen molar-refractivity contribution in [3.63, 3.8) is 0 Å². The first-order chi connectivity index (χ1) is 8.26. The lowest BCUT2D eigenvalue weighted by atomic mass is 10.1. The Kier molecular flexibility index (Phi) is 3.28. The van der Waals surface area contributed by atoms with Gasteiger partial charge in [-0.25, -0.2) is 0 Å². The highest BCUT2D eigenvalue weighted by Crippen LogP contribution is 2.32. The van der Waals surface area contributed by atoms with Crippen LogP contribution in [0.5, 0.6) is 11.5 Å². The number of hydrogen-bond acceptors (Lipinski definition) is 3. The maximum atomic E-state index is 5.42. The molecule has 0 N–H and O–H groups in total. The fourth-order valence-corrected chi connectivity index (χ4v) is 1.81. The molecule has 0 saturated carbocycles. The fraction of sp³-hybridized carbons (Fsp3) is 0.214. The number of aryl methyl sites for hydroxylation is 1. The van der Waals surface area contributed by atoms with Gasteiger partial charge < -0.3 is 9.47 Å². The van der Waals surface area contributed by atoms with Crippen molar-refractivity contribution in [2.75, 3.05) is 14.2 Å². The average molecular weight is 229 g/mol. The second kappa shape index (κ2) is 4.87. The summed E-state index contributed by atoms with van der Waals surface area (Å²) in [5.74, 6) is 1.65. The van der Waals surface area contributed by atoms with Crippen LogP contribution in [0.4, 0.5) is 0 Å². The van der Waals surface area contributed by atoms with E-state index in [0.717, 1.165) is 28.3 Å². The standard InChI is InChI=1S/C14H15NO2/c1-10-5-4-6-12(14(10)17-3)13-9-11(16-2)7-8-15-13/h4-9H,1-3H3. The van der Waals surface area contributed by atoms with Gasteiger partial charge in [-0.1, -0.05) is 12.1 Å². The molecule has 0 radical (unpaired) electrons. The van der Waals surface area contributed by atoms with Gasteiger partial charge in [-0.2, -0.15) is 0 Å². The van der Waals surface area contributed by atoms with Gasteiger partial charge in [-0.15, -0.1) is 0 Å². The van der Waals surface area contributed by atoms with Gasteiger partial charge in [-0.3, -0.25) is 4.98 Å². The number of nitrogens with zero attached hydrogens (tertiary/aromatic N) is 1. The molecule has 2 aromatic rings. The molecule has 0 aliphatic heterocycles. The third-order valence-electron chi connectivity index (χ3n) is 2.66. The normalized spacial score (nSPS) is 10.1. The highest BCUT2D eigenvalue weighted by molar-refractivity contribution is 5.69. The Morgan fingerprint density at radius 2 is 1.88 bits per heavy atom. The fourth-order valence-electron chi connectivity index (χ4n) is 1.81. The Bertz CT molecular complexity index is 523. The van der Waals surface area contributed by atoms with Crippen LogP contribution in [-0.2, 0) is 0 Å². The number of benzene rings is 1. The molecular formula is C14H15NO2. The van der Waals surface area contributed by atoms with Crippen LogP contribution in [0.15, 0.2) is 36.5 Å². The molecule has 0 fully saturated rings. The SMILES string of the molecule is COc1ccnc(-c2cccc(C)c2OC)c1. The van der Waals surface area contributed by atoms with Crippen LogP contribution in [0, 0.1) is 6.92 Å². The lowest BCUT2D eigenvalue weighted by Crippen LogP contribution is -1.93. The third-order valence-corrected chi connectivity index (χ3v) is 2.66. The summed E-state index contributed by atoms with van der Waals surface area (Å²) in [6, 6.07) is 9.73. The van der Waals surface area contributed by atoms with Gasteiger partial charge in [0.25, 0.3) is 0 Å². The lowest BCUT2D eigenvalue weighted by Gasteiger charge is -2.11. The first kappa shape index (κ1) is 11.5. The molecule has 3 heteroatoms. The summed E-state index contributed by atoms with van der Waals surface area (Å²) in [6.07, 6.45) is 1.73. The van der Waals surface area contributed by atoms with Gasteiger partial charge in [-0.05, 0) is 24.6 Å². The van der Waals surface area contributed by atoms with E-state index in [0.29, 0.717) is 0 Å². The predicted molar refractivity (Wildman–Crippen MR) is 67.5 cm³/mol. The molecular weight excluding hydrogens is 214 g/mol. The van der Waals surface area contributed by atoms with Crippen molar-refractivity contribution in [2.24, 2.45) is 0 Å². The molecule has 0 amide bonds. The summed E-state index contributed by atoms with van der Waals surface area (Å²) in [7, 11) is 3.32. The molecule has 0 atom stereocenters. The van der Waals surface area contributed by atoms with Gasteiger partial charge in [0.2, 0.25) is 0 Å². The molecule has 1 aromatic carbocycles. The Labute approximate surface area is 101 Å². The van der Waals surface area contributed by atoms with Crippen molar-refractivity contribution in [2.45, 2.75) is 6.92 Å². The molecule has 1 heterocycles. The number of ether oxygens (including phenoxy) is 2. The quantitative estimate of drug-likeness (QED) is 0.810. The minimum Gasteiger partial charge on any atom is -0.497 e. The minimum atomic E-state index is 0.790. The molecule has 0 bridgehead atoms. The molecule has 17 heavy (non-hydrogen) atoms. The largest absolute Gasteiger partial charge is 0.497 e. The zero-order valence-corrected chi connectivity index (χ0v) is 10.2. The smallest absolute Gasteiger partial charge is 0.131 e. The predicted octanol–water partition coefficient (Wildman–Crippen LogP) is 3.07. The van der Waals surface area contributed by atoms with E-state index in [9.17, 15) is 0 Å². The molecule has 2 rings (SSSR count). The summed E-state index contributed by atoms with van der Waals surface area (Å²) in [5, 5.41) is 0. The van der Waals surface area contributed by atoms with E-state index in [-0.39, 0.29) is 0 Å². The number of rotatable bonds is 3. The van der Waals surface area contributed by atoms with Crippen LogP contribution in [0.3, 0.4) is 0 Å². The molecule has 88 valence electrons. The molecule has 0 spiro atoms. The Morgan fingerprint density at radius 1 is 1.06 bits per heavy atom. The second-order valence-corrected chi connectivity index (χ2v) is 3.74. The van der Waals surface area contributed by atoms with E-state index in [1.165, 1.54) is 0 Å². The van der Waals surface area contributed by atoms with E-state index < -0.39 is 0 Å². The van der Waals surface area contributed by atoms with Crippen molar-refractivity contribution in [3.8, 4) is 22.8 Å². The first-order valence-electron chi connectivity index (χ1n) is 5.40. The van der Waals surface area contributed by atoms with E-state index in [1.54, 1.807) is 20.4 Å². The number of hydrogen-bond donors (Lipinski definition) is 0. The number of para-hydroxylation sites is 1. The van der Waals surface area contributed by atoms with Gasteiger partial charge >= 0.3 is 0 Å². The van der Waals surface area contributed by atoms with E-state index >= 15 is 0 Å². The van der Waals surface area contributed by atoms with E-state index in [2.05, 4.69) is 4.98 Å². The van der Waals surface area contributed by atoms with Crippen molar-refractivity contribution < 1.29 is 9.47 Å². The van der Waals surface area contributed by atoms with Crippen LogP contribution in [-0.4, -0.2) is 19.2 Å². The summed E-state index contributed by atoms with van der Waals surface area (Å²) in [6.45, 7) is 2.02. The van der Waals surface area contributed by atoms with E-state index in [1.807, 2.05) is 37.3 Å². The first-order valence-corrected chi connectivity index (χ1v) is 5.40. The maximum Gasteiger partial charge on any atom is 0.131 e. The highest BCUT2D eigenvalue weighted by Gasteiger charge is 2.09. The number of pyridine rings is 1. The van der Waals surface area contributed by atoms with Crippen molar-refractivity contribution in [1.82, 2.24) is 4.98 Å². The van der Waals surface area contributed by atoms with Gasteiger partial charge in [0.15, 0.2) is 0 Å². The van der Waals surface area contributed by atoms with Crippen LogP contribution >= 0.6 is 0 Å². The monoisotopic (exact) mass is 229 g/mol. The summed E-state index contributed by atoms with van der Waals surface area (Å²) >= 11 is 0. The zero-order chi connectivity index (χ0) is 12.3. The molecule has 1 aromatic heterocycles. The van der Waals surface area contributed by atoms with Crippen molar-refractivity contribution in [3.05, 3.63) is 42.1 Å². The van der Waals surface area contributed by atoms with Crippen LogP contribution in [0.25, 0.3) is 11.3 Å². The Morgan fingerprint density at radius 3 is 2.59 bits per heavy atom. The lowest BCUT2D eigenvalue weighted by molar-refractivity contribution is 0.411.